The quantitative estimate of drug-likeness (QED) is 0.230. The van der Waals surface area contributed by atoms with E-state index in [0.29, 0.717) is 47.1 Å². The lowest BCUT2D eigenvalue weighted by molar-refractivity contribution is -0.000512. The zero-order valence-corrected chi connectivity index (χ0v) is 27.8. The van der Waals surface area contributed by atoms with Crippen molar-refractivity contribution >= 4 is 57.0 Å². The minimum Gasteiger partial charge on any atom is -0.462 e. The fraction of sp³-hybridized carbons (Fsp3) is 0.371. The number of aromatic nitrogens is 1. The summed E-state index contributed by atoms with van der Waals surface area (Å²) in [6.07, 6.45) is 4.52. The first-order valence-electron chi connectivity index (χ1n) is 15.7. The molecular weight excluding hydrogens is 621 g/mol. The molecule has 0 atom stereocenters. The van der Waals surface area contributed by atoms with E-state index in [4.69, 9.17) is 9.47 Å². The van der Waals surface area contributed by atoms with E-state index in [-0.39, 0.29) is 23.2 Å². The molecule has 3 aliphatic rings. The van der Waals surface area contributed by atoms with E-state index in [1.165, 1.54) is 11.3 Å². The lowest BCUT2D eigenvalue weighted by atomic mass is 9.73. The first-order valence-corrected chi connectivity index (χ1v) is 17.3. The van der Waals surface area contributed by atoms with Crippen molar-refractivity contribution in [1.29, 1.82) is 0 Å². The normalized spacial score (nSPS) is 16.7. The second kappa shape index (κ2) is 12.3. The number of nitrogens with one attached hydrogen (secondary N) is 1. The maximum atomic E-state index is 13.9. The smallest absolute Gasteiger partial charge is 0.348 e. The largest absolute Gasteiger partial charge is 0.462 e. The topological polar surface area (TPSA) is 101 Å². The Morgan fingerprint density at radius 3 is 2.54 bits per heavy atom. The fourth-order valence-electron chi connectivity index (χ4n) is 6.60. The molecule has 9 nitrogen and oxygen atoms in total. The molecule has 11 heteroatoms. The molecule has 3 aliphatic heterocycles. The summed E-state index contributed by atoms with van der Waals surface area (Å²) in [6, 6.07) is 13.0. The number of amides is 2. The van der Waals surface area contributed by atoms with Crippen LogP contribution in [0.15, 0.2) is 48.7 Å². The van der Waals surface area contributed by atoms with Crippen LogP contribution in [-0.2, 0) is 15.9 Å². The minimum absolute atomic E-state index is 0.105. The highest BCUT2D eigenvalue weighted by atomic mass is 32.1. The number of hydrogen-bond acceptors (Lipinski definition) is 9. The molecule has 0 bridgehead atoms. The number of esters is 1. The molecule has 3 aromatic heterocycles. The van der Waals surface area contributed by atoms with Gasteiger partial charge in [0.05, 0.1) is 12.2 Å². The summed E-state index contributed by atoms with van der Waals surface area (Å²) in [5.41, 5.74) is 4.89. The Hall–Kier alpha value is -4.06. The fourth-order valence-corrected chi connectivity index (χ4v) is 8.83. The van der Waals surface area contributed by atoms with Crippen LogP contribution in [0.2, 0.25) is 0 Å². The highest BCUT2D eigenvalue weighted by molar-refractivity contribution is 7.20. The number of anilines is 3. The monoisotopic (exact) mass is 656 g/mol. The maximum absolute atomic E-state index is 13.9. The molecule has 46 heavy (non-hydrogen) atoms. The van der Waals surface area contributed by atoms with Gasteiger partial charge in [-0.1, -0.05) is 0 Å². The molecule has 4 aromatic rings. The van der Waals surface area contributed by atoms with Crippen LogP contribution in [0.1, 0.15) is 66.2 Å². The summed E-state index contributed by atoms with van der Waals surface area (Å²) >= 11 is 3.00. The Labute approximate surface area is 276 Å². The van der Waals surface area contributed by atoms with Crippen LogP contribution in [0.5, 0.6) is 0 Å². The van der Waals surface area contributed by atoms with Crippen molar-refractivity contribution in [1.82, 2.24) is 4.98 Å². The van der Waals surface area contributed by atoms with Crippen LogP contribution in [-0.4, -0.2) is 62.2 Å². The lowest BCUT2D eigenvalue weighted by Crippen LogP contribution is -2.59. The van der Waals surface area contributed by atoms with Gasteiger partial charge in [0.25, 0.3) is 11.8 Å². The van der Waals surface area contributed by atoms with Gasteiger partial charge in [0.2, 0.25) is 0 Å². The third-order valence-electron chi connectivity index (χ3n) is 9.00. The molecule has 6 heterocycles. The zero-order valence-electron chi connectivity index (χ0n) is 26.2. The van der Waals surface area contributed by atoms with Gasteiger partial charge in [0.1, 0.15) is 15.7 Å². The number of rotatable bonds is 6. The van der Waals surface area contributed by atoms with Gasteiger partial charge in [-0.05, 0) is 93.6 Å². The van der Waals surface area contributed by atoms with Crippen molar-refractivity contribution in [3.63, 3.8) is 0 Å². The number of benzene rings is 1. The van der Waals surface area contributed by atoms with E-state index in [1.54, 1.807) is 42.5 Å². The average molecular weight is 657 g/mol. The Bertz CT molecular complexity index is 1810. The van der Waals surface area contributed by atoms with Crippen molar-refractivity contribution in [2.24, 2.45) is 5.41 Å². The lowest BCUT2D eigenvalue weighted by Gasteiger charge is -2.53. The van der Waals surface area contributed by atoms with Crippen molar-refractivity contribution < 1.29 is 23.9 Å². The number of aryl methyl sites for hydroxylation is 2. The molecule has 2 fully saturated rings. The van der Waals surface area contributed by atoms with E-state index in [2.05, 4.69) is 21.3 Å². The van der Waals surface area contributed by atoms with E-state index < -0.39 is 0 Å². The maximum Gasteiger partial charge on any atom is 0.348 e. The van der Waals surface area contributed by atoms with Crippen molar-refractivity contribution in [3.05, 3.63) is 80.7 Å². The second-order valence-corrected chi connectivity index (χ2v) is 14.6. The number of thiophene rings is 2. The standard InChI is InChI=1S/C35H36N4O5S2/c1-4-44-34(42)28-17-24-9-12-39(33-26(29(24)46-28)16-22(3)45-33)32(41)23-5-7-25(8-6-23)37-31(40)27-15-21(2)18-36-30(27)38-19-35(20-38)10-13-43-14-11-35/h5-8,15-18H,4,9-14,19-20H2,1-3H3,(H,37,40). The summed E-state index contributed by atoms with van der Waals surface area (Å²) in [6.45, 7) is 9.93. The van der Waals surface area contributed by atoms with Gasteiger partial charge >= 0.3 is 5.97 Å². The van der Waals surface area contributed by atoms with Crippen molar-refractivity contribution in [2.45, 2.75) is 40.0 Å². The van der Waals surface area contributed by atoms with Crippen LogP contribution in [0, 0.1) is 19.3 Å². The molecule has 7 rings (SSSR count). The molecular formula is C35H36N4O5S2. The van der Waals surface area contributed by atoms with Crippen LogP contribution in [0.3, 0.4) is 0 Å². The van der Waals surface area contributed by atoms with E-state index in [1.807, 2.05) is 37.1 Å². The molecule has 1 spiro atoms. The van der Waals surface area contributed by atoms with Gasteiger partial charge in [-0.25, -0.2) is 9.78 Å². The third kappa shape index (κ3) is 5.72. The van der Waals surface area contributed by atoms with Crippen LogP contribution in [0.25, 0.3) is 10.4 Å². The zero-order chi connectivity index (χ0) is 32.0. The summed E-state index contributed by atoms with van der Waals surface area (Å²) < 4.78 is 10.8. The van der Waals surface area contributed by atoms with E-state index >= 15 is 0 Å². The SMILES string of the molecule is CCOC(=O)c1cc2c(s1)-c1cc(C)sc1N(C(=O)c1ccc(NC(=O)c3cc(C)cnc3N3CC4(CCOCC4)C3)cc1)CC2. The predicted octanol–water partition coefficient (Wildman–Crippen LogP) is 6.74. The summed E-state index contributed by atoms with van der Waals surface area (Å²) in [7, 11) is 0. The summed E-state index contributed by atoms with van der Waals surface area (Å²) in [5, 5.41) is 3.90. The molecule has 1 N–H and O–H groups in total. The average Bonchev–Trinajstić information content (AvgIpc) is 3.61. The number of carbonyl (C=O) groups excluding carboxylic acids is 3. The number of carbonyl (C=O) groups is 3. The van der Waals surface area contributed by atoms with Gasteiger partial charge in [0, 0.05) is 71.0 Å². The predicted molar refractivity (Wildman–Crippen MR) is 182 cm³/mol. The van der Waals surface area contributed by atoms with Gasteiger partial charge in [-0.2, -0.15) is 0 Å². The second-order valence-electron chi connectivity index (χ2n) is 12.4. The Morgan fingerprint density at radius 2 is 1.80 bits per heavy atom. The number of hydrogen-bond donors (Lipinski definition) is 1. The number of pyridine rings is 1. The van der Waals surface area contributed by atoms with Crippen molar-refractivity contribution in [3.8, 4) is 10.4 Å². The molecule has 2 saturated heterocycles. The third-order valence-corrected chi connectivity index (χ3v) is 11.3. The summed E-state index contributed by atoms with van der Waals surface area (Å²) in [4.78, 5) is 51.2. The van der Waals surface area contributed by atoms with Gasteiger partial charge in [-0.3, -0.25) is 14.5 Å². The number of nitrogens with zero attached hydrogens (tertiary/aromatic N) is 3. The highest BCUT2D eigenvalue weighted by Gasteiger charge is 2.45. The molecule has 1 aromatic carbocycles. The first-order chi connectivity index (χ1) is 22.2. The van der Waals surface area contributed by atoms with Gasteiger partial charge in [0.15, 0.2) is 0 Å². The van der Waals surface area contributed by atoms with Gasteiger partial charge in [-0.15, -0.1) is 22.7 Å². The molecule has 0 aliphatic carbocycles. The molecule has 0 saturated carbocycles. The molecule has 0 radical (unpaired) electrons. The van der Waals surface area contributed by atoms with Crippen LogP contribution in [0.4, 0.5) is 16.5 Å². The van der Waals surface area contributed by atoms with Crippen LogP contribution < -0.4 is 15.1 Å². The Kier molecular flexibility index (Phi) is 8.16. The number of fused-ring (bicyclic) bond motifs is 3. The molecule has 2 amide bonds. The molecule has 238 valence electrons. The van der Waals surface area contributed by atoms with E-state index in [0.717, 1.165) is 70.6 Å². The Morgan fingerprint density at radius 1 is 1.04 bits per heavy atom. The van der Waals surface area contributed by atoms with Crippen molar-refractivity contribution in [2.75, 3.05) is 54.6 Å². The van der Waals surface area contributed by atoms with E-state index in [9.17, 15) is 14.4 Å². The molecule has 0 unspecified atom stereocenters. The van der Waals surface area contributed by atoms with Gasteiger partial charge < -0.3 is 19.7 Å². The highest BCUT2D eigenvalue weighted by Crippen LogP contribution is 2.47. The number of ether oxygens (including phenoxy) is 2. The van der Waals surface area contributed by atoms with Crippen LogP contribution >= 0.6 is 22.7 Å². The minimum atomic E-state index is -0.312. The Balaban J connectivity index is 1.07. The summed E-state index contributed by atoms with van der Waals surface area (Å²) in [5.74, 6) is 0.0654. The first kappa shape index (κ1) is 30.6.